The van der Waals surface area contributed by atoms with Gasteiger partial charge in [0.05, 0.1) is 6.54 Å². The highest BCUT2D eigenvalue weighted by molar-refractivity contribution is 7.80. The lowest BCUT2D eigenvalue weighted by molar-refractivity contribution is 0.0947. The van der Waals surface area contributed by atoms with Crippen LogP contribution in [0.4, 0.5) is 0 Å². The lowest BCUT2D eigenvalue weighted by atomic mass is 10.1. The smallest absolute Gasteiger partial charge is 0.251 e. The molecule has 2 aromatic carbocycles. The van der Waals surface area contributed by atoms with E-state index in [1.54, 1.807) is 30.3 Å². The summed E-state index contributed by atoms with van der Waals surface area (Å²) >= 11 is 4.92. The number of carbonyl (C=O) groups is 1. The quantitative estimate of drug-likeness (QED) is 0.310. The number of fused-ring (bicyclic) bond motifs is 1. The van der Waals surface area contributed by atoms with Gasteiger partial charge >= 0.3 is 0 Å². The van der Waals surface area contributed by atoms with Crippen LogP contribution in [0.1, 0.15) is 15.9 Å². The van der Waals surface area contributed by atoms with Gasteiger partial charge in [-0.25, -0.2) is 0 Å². The predicted molar refractivity (Wildman–Crippen MR) is 99.2 cm³/mol. The number of aromatic nitrogens is 1. The van der Waals surface area contributed by atoms with E-state index in [2.05, 4.69) is 10.3 Å². The summed E-state index contributed by atoms with van der Waals surface area (Å²) in [4.78, 5) is 15.5. The molecule has 0 spiro atoms. The van der Waals surface area contributed by atoms with Crippen molar-refractivity contribution in [1.82, 2.24) is 15.8 Å². The van der Waals surface area contributed by atoms with Crippen LogP contribution in [-0.4, -0.2) is 34.2 Å². The zero-order valence-corrected chi connectivity index (χ0v) is 14.1. The van der Waals surface area contributed by atoms with Crippen LogP contribution in [-0.2, 0) is 0 Å². The second-order valence-electron chi connectivity index (χ2n) is 5.35. The second-order valence-corrected chi connectivity index (χ2v) is 5.76. The van der Waals surface area contributed by atoms with Crippen LogP contribution in [0.5, 0.6) is 5.75 Å². The van der Waals surface area contributed by atoms with Gasteiger partial charge < -0.3 is 15.0 Å². The maximum absolute atomic E-state index is 12.2. The number of thiocarbonyl (C=S) groups is 1. The summed E-state index contributed by atoms with van der Waals surface area (Å²) < 4.78 is 5.57. The molecule has 0 atom stereocenters. The molecule has 0 saturated heterocycles. The van der Waals surface area contributed by atoms with Gasteiger partial charge in [-0.2, -0.15) is 0 Å². The van der Waals surface area contributed by atoms with Gasteiger partial charge in [-0.15, -0.1) is 0 Å². The molecule has 128 valence electrons. The minimum Gasteiger partial charge on any atom is -0.492 e. The molecule has 0 unspecified atom stereocenters. The average Bonchev–Trinajstić information content (AvgIpc) is 3.12. The molecule has 0 saturated carbocycles. The molecule has 1 aromatic heterocycles. The summed E-state index contributed by atoms with van der Waals surface area (Å²) in [5.41, 5.74) is 4.24. The van der Waals surface area contributed by atoms with Crippen molar-refractivity contribution in [3.8, 4) is 5.75 Å². The number of carbonyl (C=O) groups excluding carboxylic acids is 1. The summed E-state index contributed by atoms with van der Waals surface area (Å²) in [7, 11) is 0. The Labute approximate surface area is 149 Å². The Morgan fingerprint density at radius 3 is 2.64 bits per heavy atom. The van der Waals surface area contributed by atoms with Gasteiger partial charge in [-0.1, -0.05) is 12.2 Å². The Bertz CT molecular complexity index is 890. The number of hydroxylamine groups is 1. The van der Waals surface area contributed by atoms with Gasteiger partial charge in [0.2, 0.25) is 0 Å². The first-order valence-electron chi connectivity index (χ1n) is 7.70. The van der Waals surface area contributed by atoms with Crippen LogP contribution < -0.4 is 15.5 Å². The van der Waals surface area contributed by atoms with Crippen molar-refractivity contribution < 1.29 is 14.7 Å². The van der Waals surface area contributed by atoms with Gasteiger partial charge in [-0.3, -0.25) is 15.5 Å². The van der Waals surface area contributed by atoms with Crippen LogP contribution >= 0.6 is 12.2 Å². The molecular weight excluding hydrogens is 338 g/mol. The molecule has 1 heterocycles. The third kappa shape index (κ3) is 4.14. The monoisotopic (exact) mass is 355 g/mol. The van der Waals surface area contributed by atoms with E-state index in [1.807, 2.05) is 29.9 Å². The molecule has 4 N–H and O–H groups in total. The van der Waals surface area contributed by atoms with Crippen LogP contribution in [0.3, 0.4) is 0 Å². The highest BCUT2D eigenvalue weighted by Crippen LogP contribution is 2.14. The molecule has 3 rings (SSSR count). The Balaban J connectivity index is 1.47. The SMILES string of the molecule is O=C(NCCOc1ccc(C(=S)NO)cc1)c1ccc2[nH]ccc2c1. The van der Waals surface area contributed by atoms with E-state index in [1.165, 1.54) is 0 Å². The molecule has 25 heavy (non-hydrogen) atoms. The normalized spacial score (nSPS) is 10.4. The van der Waals surface area contributed by atoms with Gasteiger partial charge in [0.15, 0.2) is 0 Å². The molecule has 3 aromatic rings. The number of hydrogen-bond acceptors (Lipinski definition) is 4. The Kier molecular flexibility index (Phi) is 5.27. The number of hydrogen-bond donors (Lipinski definition) is 4. The zero-order chi connectivity index (χ0) is 17.6. The lowest BCUT2D eigenvalue weighted by Crippen LogP contribution is -2.28. The molecule has 0 aliphatic carbocycles. The fraction of sp³-hybridized carbons (Fsp3) is 0.111. The lowest BCUT2D eigenvalue weighted by Gasteiger charge is -2.09. The van der Waals surface area contributed by atoms with E-state index < -0.39 is 0 Å². The van der Waals surface area contributed by atoms with Crippen molar-refractivity contribution in [2.24, 2.45) is 0 Å². The number of rotatable bonds is 6. The maximum atomic E-state index is 12.2. The molecular formula is C18H17N3O3S. The third-order valence-corrected chi connectivity index (χ3v) is 4.02. The van der Waals surface area contributed by atoms with Crippen molar-refractivity contribution >= 4 is 34.0 Å². The molecule has 6 nitrogen and oxygen atoms in total. The highest BCUT2D eigenvalue weighted by atomic mass is 32.1. The molecule has 0 radical (unpaired) electrons. The number of benzene rings is 2. The highest BCUT2D eigenvalue weighted by Gasteiger charge is 2.06. The van der Waals surface area contributed by atoms with Crippen LogP contribution in [0, 0.1) is 0 Å². The first-order chi connectivity index (χ1) is 12.2. The molecule has 7 heteroatoms. The summed E-state index contributed by atoms with van der Waals surface area (Å²) in [6.07, 6.45) is 1.84. The standard InChI is InChI=1S/C18H17N3O3S/c22-17(14-3-6-16-13(11-14)7-8-19-16)20-9-10-24-15-4-1-12(2-5-15)18(25)21-23/h1-8,11,19,23H,9-10H2,(H,20,22)(H,21,25). The summed E-state index contributed by atoms with van der Waals surface area (Å²) in [5, 5.41) is 12.6. The molecule has 1 amide bonds. The van der Waals surface area contributed by atoms with E-state index in [-0.39, 0.29) is 10.9 Å². The molecule has 0 aliphatic heterocycles. The van der Waals surface area contributed by atoms with E-state index in [9.17, 15) is 4.79 Å². The van der Waals surface area contributed by atoms with Crippen molar-refractivity contribution in [3.05, 3.63) is 65.9 Å². The van der Waals surface area contributed by atoms with Crippen molar-refractivity contribution in [2.75, 3.05) is 13.2 Å². The zero-order valence-electron chi connectivity index (χ0n) is 13.3. The molecule has 0 aliphatic rings. The van der Waals surface area contributed by atoms with Crippen LogP contribution in [0.2, 0.25) is 0 Å². The van der Waals surface area contributed by atoms with Crippen molar-refractivity contribution in [3.63, 3.8) is 0 Å². The number of ether oxygens (including phenoxy) is 1. The third-order valence-electron chi connectivity index (χ3n) is 3.69. The van der Waals surface area contributed by atoms with E-state index in [0.29, 0.717) is 30.0 Å². The first kappa shape index (κ1) is 16.9. The largest absolute Gasteiger partial charge is 0.492 e. The molecule has 0 bridgehead atoms. The van der Waals surface area contributed by atoms with Crippen LogP contribution in [0.25, 0.3) is 10.9 Å². The van der Waals surface area contributed by atoms with Gasteiger partial charge in [0.1, 0.15) is 17.3 Å². The van der Waals surface area contributed by atoms with Crippen molar-refractivity contribution in [1.29, 1.82) is 0 Å². The second kappa shape index (κ2) is 7.78. The Hall–Kier alpha value is -2.90. The number of H-pyrrole nitrogens is 1. The fourth-order valence-electron chi connectivity index (χ4n) is 2.40. The van der Waals surface area contributed by atoms with Crippen molar-refractivity contribution in [2.45, 2.75) is 0 Å². The topological polar surface area (TPSA) is 86.4 Å². The minimum atomic E-state index is -0.138. The summed E-state index contributed by atoms with van der Waals surface area (Å²) in [6.45, 7) is 0.739. The Morgan fingerprint density at radius 2 is 1.88 bits per heavy atom. The fourth-order valence-corrected chi connectivity index (χ4v) is 2.53. The summed E-state index contributed by atoms with van der Waals surface area (Å²) in [6, 6.07) is 14.4. The Morgan fingerprint density at radius 1 is 1.12 bits per heavy atom. The number of amides is 1. The number of nitrogens with one attached hydrogen (secondary N) is 3. The van der Waals surface area contributed by atoms with Gasteiger partial charge in [0.25, 0.3) is 5.91 Å². The molecule has 0 fully saturated rings. The maximum Gasteiger partial charge on any atom is 0.251 e. The predicted octanol–water partition coefficient (Wildman–Crippen LogP) is 2.63. The number of aromatic amines is 1. The van der Waals surface area contributed by atoms with E-state index in [4.69, 9.17) is 22.2 Å². The summed E-state index contributed by atoms with van der Waals surface area (Å²) in [5.74, 6) is 0.522. The minimum absolute atomic E-state index is 0.138. The average molecular weight is 355 g/mol. The first-order valence-corrected chi connectivity index (χ1v) is 8.11. The van der Waals surface area contributed by atoms with Gasteiger partial charge in [-0.05, 0) is 48.5 Å². The van der Waals surface area contributed by atoms with Crippen LogP contribution in [0.15, 0.2) is 54.7 Å². The van der Waals surface area contributed by atoms with E-state index in [0.717, 1.165) is 10.9 Å². The van der Waals surface area contributed by atoms with E-state index >= 15 is 0 Å². The van der Waals surface area contributed by atoms with Gasteiger partial charge in [0, 0.05) is 28.2 Å².